The van der Waals surface area contributed by atoms with Crippen LogP contribution in [0, 0.1) is 17.6 Å². The second-order valence-electron chi connectivity index (χ2n) is 8.51. The summed E-state index contributed by atoms with van der Waals surface area (Å²) in [6.45, 7) is 2.29. The first kappa shape index (κ1) is 22.3. The molecular weight excluding hydrogens is 414 g/mol. The quantitative estimate of drug-likeness (QED) is 0.747. The molecular formula is C24H28F2N4O2. The molecule has 1 atom stereocenters. The summed E-state index contributed by atoms with van der Waals surface area (Å²) in [5.74, 6) is -1.64. The van der Waals surface area contributed by atoms with E-state index in [2.05, 4.69) is 15.2 Å². The maximum Gasteiger partial charge on any atom is 0.254 e. The molecule has 4 rings (SSSR count). The van der Waals surface area contributed by atoms with Crippen molar-refractivity contribution in [2.45, 2.75) is 38.3 Å². The zero-order valence-electron chi connectivity index (χ0n) is 18.0. The maximum atomic E-state index is 13.5. The predicted octanol–water partition coefficient (Wildman–Crippen LogP) is 2.99. The van der Waals surface area contributed by atoms with Gasteiger partial charge >= 0.3 is 0 Å². The Morgan fingerprint density at radius 1 is 1.03 bits per heavy atom. The smallest absolute Gasteiger partial charge is 0.254 e. The van der Waals surface area contributed by atoms with Gasteiger partial charge in [-0.15, -0.1) is 0 Å². The van der Waals surface area contributed by atoms with Gasteiger partial charge in [-0.2, -0.15) is 0 Å². The molecule has 1 saturated carbocycles. The Kier molecular flexibility index (Phi) is 7.09. The van der Waals surface area contributed by atoms with E-state index in [9.17, 15) is 18.4 Å². The molecule has 2 aromatic rings. The number of piperazine rings is 1. The molecule has 2 fully saturated rings. The maximum absolute atomic E-state index is 13.5. The fourth-order valence-electron chi connectivity index (χ4n) is 4.80. The van der Waals surface area contributed by atoms with Gasteiger partial charge in [0.2, 0.25) is 5.91 Å². The molecule has 32 heavy (non-hydrogen) atoms. The highest BCUT2D eigenvalue weighted by Gasteiger charge is 2.37. The Balaban J connectivity index is 1.39. The summed E-state index contributed by atoms with van der Waals surface area (Å²) in [5, 5.41) is 3.04. The summed E-state index contributed by atoms with van der Waals surface area (Å²) in [4.78, 5) is 33.9. The summed E-state index contributed by atoms with van der Waals surface area (Å²) >= 11 is 0. The van der Waals surface area contributed by atoms with E-state index in [0.29, 0.717) is 38.6 Å². The van der Waals surface area contributed by atoms with Crippen LogP contribution in [0.2, 0.25) is 0 Å². The minimum atomic E-state index is -0.766. The number of hydrogen-bond acceptors (Lipinski definition) is 4. The van der Waals surface area contributed by atoms with Gasteiger partial charge in [0, 0.05) is 44.0 Å². The molecule has 1 aromatic carbocycles. The number of amides is 2. The first-order valence-corrected chi connectivity index (χ1v) is 11.2. The molecule has 0 radical (unpaired) electrons. The van der Waals surface area contributed by atoms with Crippen molar-refractivity contribution in [2.24, 2.45) is 5.92 Å². The van der Waals surface area contributed by atoms with E-state index in [1.165, 1.54) is 0 Å². The number of carbonyl (C=O) groups excluding carboxylic acids is 2. The van der Waals surface area contributed by atoms with Crippen LogP contribution in [0.4, 0.5) is 8.78 Å². The summed E-state index contributed by atoms with van der Waals surface area (Å²) in [5.41, 5.74) is 0.820. The van der Waals surface area contributed by atoms with Crippen molar-refractivity contribution in [3.8, 4) is 0 Å². The van der Waals surface area contributed by atoms with Gasteiger partial charge in [0.25, 0.3) is 5.91 Å². The summed E-state index contributed by atoms with van der Waals surface area (Å²) in [6, 6.07) is 8.24. The number of hydrogen-bond donors (Lipinski definition) is 1. The minimum Gasteiger partial charge on any atom is -0.349 e. The molecule has 1 saturated heterocycles. The highest BCUT2D eigenvalue weighted by molar-refractivity contribution is 5.94. The Morgan fingerprint density at radius 2 is 1.72 bits per heavy atom. The number of nitrogens with one attached hydrogen (secondary N) is 1. The lowest BCUT2D eigenvalue weighted by Crippen LogP contribution is -2.57. The van der Waals surface area contributed by atoms with E-state index in [4.69, 9.17) is 0 Å². The van der Waals surface area contributed by atoms with Gasteiger partial charge < -0.3 is 10.2 Å². The van der Waals surface area contributed by atoms with E-state index in [1.54, 1.807) is 11.1 Å². The third-order valence-electron chi connectivity index (χ3n) is 6.39. The van der Waals surface area contributed by atoms with E-state index in [0.717, 1.165) is 49.6 Å². The van der Waals surface area contributed by atoms with Crippen LogP contribution < -0.4 is 5.32 Å². The standard InChI is InChI=1S/C24H28F2N4O2/c25-19-13-18(14-20(26)15-19)24(32)30-11-9-29(10-12-30)22(17-5-1-2-6-17)23(31)28-16-21-7-3-4-8-27-21/h3-4,7-8,13-15,17,22H,1-2,5-6,9-12,16H2,(H,28,31). The van der Waals surface area contributed by atoms with Crippen molar-refractivity contribution in [3.05, 3.63) is 65.5 Å². The molecule has 2 heterocycles. The number of nitrogens with zero attached hydrogens (tertiary/aromatic N) is 3. The number of halogens is 2. The second kappa shape index (κ2) is 10.2. The average molecular weight is 443 g/mol. The fourth-order valence-corrected chi connectivity index (χ4v) is 4.80. The number of rotatable bonds is 6. The molecule has 0 bridgehead atoms. The highest BCUT2D eigenvalue weighted by Crippen LogP contribution is 2.31. The van der Waals surface area contributed by atoms with Crippen LogP contribution >= 0.6 is 0 Å². The summed E-state index contributed by atoms with van der Waals surface area (Å²) in [6.07, 6.45) is 5.99. The van der Waals surface area contributed by atoms with Crippen molar-refractivity contribution in [2.75, 3.05) is 26.2 Å². The largest absolute Gasteiger partial charge is 0.349 e. The molecule has 8 heteroatoms. The lowest BCUT2D eigenvalue weighted by Gasteiger charge is -2.40. The van der Waals surface area contributed by atoms with Gasteiger partial charge in [0.1, 0.15) is 11.6 Å². The number of benzene rings is 1. The van der Waals surface area contributed by atoms with Crippen molar-refractivity contribution in [3.63, 3.8) is 0 Å². The first-order chi connectivity index (χ1) is 15.5. The van der Waals surface area contributed by atoms with E-state index >= 15 is 0 Å². The van der Waals surface area contributed by atoms with E-state index in [-0.39, 0.29) is 23.4 Å². The second-order valence-corrected chi connectivity index (χ2v) is 8.51. The van der Waals surface area contributed by atoms with Crippen LogP contribution in [0.25, 0.3) is 0 Å². The van der Waals surface area contributed by atoms with Crippen molar-refractivity contribution in [1.82, 2.24) is 20.1 Å². The lowest BCUT2D eigenvalue weighted by molar-refractivity contribution is -0.129. The van der Waals surface area contributed by atoms with Crippen LogP contribution in [0.3, 0.4) is 0 Å². The topological polar surface area (TPSA) is 65.5 Å². The van der Waals surface area contributed by atoms with E-state index < -0.39 is 11.6 Å². The molecule has 1 aliphatic carbocycles. The first-order valence-electron chi connectivity index (χ1n) is 11.2. The Morgan fingerprint density at radius 3 is 2.34 bits per heavy atom. The Bertz CT molecular complexity index is 922. The van der Waals surface area contributed by atoms with Gasteiger partial charge in [-0.25, -0.2) is 8.78 Å². The van der Waals surface area contributed by atoms with Gasteiger partial charge in [-0.3, -0.25) is 19.5 Å². The third kappa shape index (κ3) is 5.30. The van der Waals surface area contributed by atoms with Gasteiger partial charge in [0.15, 0.2) is 0 Å². The number of aromatic nitrogens is 1. The lowest BCUT2D eigenvalue weighted by atomic mass is 9.95. The molecule has 1 aliphatic heterocycles. The van der Waals surface area contributed by atoms with E-state index in [1.807, 2.05) is 18.2 Å². The van der Waals surface area contributed by atoms with Gasteiger partial charge in [-0.05, 0) is 43.0 Å². The monoisotopic (exact) mass is 442 g/mol. The minimum absolute atomic E-state index is 0.00506. The molecule has 170 valence electrons. The van der Waals surface area contributed by atoms with Crippen molar-refractivity contribution in [1.29, 1.82) is 0 Å². The van der Waals surface area contributed by atoms with Crippen LogP contribution in [-0.4, -0.2) is 58.8 Å². The predicted molar refractivity (Wildman–Crippen MR) is 116 cm³/mol. The van der Waals surface area contributed by atoms with Crippen LogP contribution in [0.5, 0.6) is 0 Å². The van der Waals surface area contributed by atoms with Crippen LogP contribution in [-0.2, 0) is 11.3 Å². The van der Waals surface area contributed by atoms with Crippen LogP contribution in [0.1, 0.15) is 41.7 Å². The zero-order valence-corrected chi connectivity index (χ0v) is 18.0. The normalized spacial score (nSPS) is 18.5. The summed E-state index contributed by atoms with van der Waals surface area (Å²) in [7, 11) is 0. The molecule has 1 N–H and O–H groups in total. The number of carbonyl (C=O) groups is 2. The average Bonchev–Trinajstić information content (AvgIpc) is 3.32. The number of pyridine rings is 1. The molecule has 2 aliphatic rings. The zero-order chi connectivity index (χ0) is 22.5. The Hall–Kier alpha value is -2.87. The molecule has 1 aromatic heterocycles. The molecule has 0 spiro atoms. The fraction of sp³-hybridized carbons (Fsp3) is 0.458. The van der Waals surface area contributed by atoms with Gasteiger partial charge in [-0.1, -0.05) is 18.9 Å². The molecule has 6 nitrogen and oxygen atoms in total. The SMILES string of the molecule is O=C(NCc1ccccn1)C(C1CCCC1)N1CCN(C(=O)c2cc(F)cc(F)c2)CC1. The van der Waals surface area contributed by atoms with Crippen LogP contribution in [0.15, 0.2) is 42.6 Å². The van der Waals surface area contributed by atoms with Crippen molar-refractivity contribution < 1.29 is 18.4 Å². The van der Waals surface area contributed by atoms with Crippen molar-refractivity contribution >= 4 is 11.8 Å². The highest BCUT2D eigenvalue weighted by atomic mass is 19.1. The Labute approximate surface area is 186 Å². The molecule has 1 unspecified atom stereocenters. The third-order valence-corrected chi connectivity index (χ3v) is 6.39. The van der Waals surface area contributed by atoms with Gasteiger partial charge in [0.05, 0.1) is 18.3 Å². The summed E-state index contributed by atoms with van der Waals surface area (Å²) < 4.78 is 27.0. The molecule has 2 amide bonds.